The maximum Gasteiger partial charge on any atom is 0.0591 e. The molecule has 0 saturated heterocycles. The summed E-state index contributed by atoms with van der Waals surface area (Å²) in [5, 5.41) is 4.47. The predicted octanol–water partition coefficient (Wildman–Crippen LogP) is 5.21. The van der Waals surface area contributed by atoms with Gasteiger partial charge in [-0.05, 0) is 30.2 Å². The lowest BCUT2D eigenvalue weighted by atomic mass is 9.98. The quantitative estimate of drug-likeness (QED) is 0.689. The van der Waals surface area contributed by atoms with Gasteiger partial charge in [0.25, 0.3) is 0 Å². The third-order valence-electron chi connectivity index (χ3n) is 3.48. The van der Waals surface area contributed by atoms with Crippen molar-refractivity contribution in [2.45, 2.75) is 32.2 Å². The lowest BCUT2D eigenvalue weighted by molar-refractivity contribution is 0.565. The Kier molecular flexibility index (Phi) is 6.10. The van der Waals surface area contributed by atoms with Gasteiger partial charge in [-0.1, -0.05) is 79.9 Å². The molecule has 0 fully saturated rings. The van der Waals surface area contributed by atoms with Crippen LogP contribution in [0.25, 0.3) is 0 Å². The number of hydrogen-bond acceptors (Lipinski definition) is 1. The fourth-order valence-corrected chi connectivity index (χ4v) is 2.63. The van der Waals surface area contributed by atoms with E-state index in [9.17, 15) is 0 Å². The minimum absolute atomic E-state index is 0.168. The molecule has 0 aromatic heterocycles. The average molecular weight is 288 g/mol. The molecular formula is C18H22ClN. The molecule has 2 aromatic rings. The van der Waals surface area contributed by atoms with Crippen molar-refractivity contribution in [3.05, 3.63) is 70.7 Å². The number of nitrogens with one attached hydrogen (secondary N) is 1. The van der Waals surface area contributed by atoms with E-state index in [1.807, 2.05) is 24.3 Å². The first-order valence-corrected chi connectivity index (χ1v) is 7.73. The van der Waals surface area contributed by atoms with Crippen LogP contribution in [0.5, 0.6) is 0 Å². The molecule has 0 aliphatic rings. The lowest BCUT2D eigenvalue weighted by Gasteiger charge is -2.21. The van der Waals surface area contributed by atoms with Crippen LogP contribution >= 0.6 is 11.6 Å². The largest absolute Gasteiger partial charge is 0.306 e. The zero-order valence-electron chi connectivity index (χ0n) is 12.0. The van der Waals surface area contributed by atoms with Crippen LogP contribution in [0.4, 0.5) is 0 Å². The molecule has 0 amide bonds. The predicted molar refractivity (Wildman–Crippen MR) is 87.3 cm³/mol. The molecule has 1 unspecified atom stereocenters. The summed E-state index contributed by atoms with van der Waals surface area (Å²) in [6, 6.07) is 18.8. The zero-order valence-corrected chi connectivity index (χ0v) is 12.7. The van der Waals surface area contributed by atoms with Crippen molar-refractivity contribution in [1.29, 1.82) is 0 Å². The molecule has 0 aliphatic carbocycles. The van der Waals surface area contributed by atoms with Gasteiger partial charge in [0.1, 0.15) is 0 Å². The van der Waals surface area contributed by atoms with Crippen LogP contribution in [0.1, 0.15) is 43.4 Å². The van der Waals surface area contributed by atoms with Crippen molar-refractivity contribution in [3.63, 3.8) is 0 Å². The molecule has 0 aliphatic heterocycles. The Labute approximate surface area is 127 Å². The molecule has 0 radical (unpaired) electrons. The normalized spacial score (nSPS) is 12.3. The Hall–Kier alpha value is -1.31. The number of rotatable bonds is 7. The Morgan fingerprint density at radius 2 is 1.65 bits per heavy atom. The van der Waals surface area contributed by atoms with Crippen molar-refractivity contribution in [2.75, 3.05) is 6.54 Å². The van der Waals surface area contributed by atoms with E-state index in [0.29, 0.717) is 0 Å². The molecule has 2 rings (SSSR count). The molecule has 2 aromatic carbocycles. The SMILES string of the molecule is CCCCCNC(c1ccccc1)c1ccccc1Cl. The van der Waals surface area contributed by atoms with Crippen molar-refractivity contribution >= 4 is 11.6 Å². The van der Waals surface area contributed by atoms with Gasteiger partial charge < -0.3 is 5.32 Å². The second-order valence-corrected chi connectivity index (χ2v) is 5.43. The Morgan fingerprint density at radius 3 is 2.35 bits per heavy atom. The highest BCUT2D eigenvalue weighted by atomic mass is 35.5. The summed E-state index contributed by atoms with van der Waals surface area (Å²) >= 11 is 6.37. The van der Waals surface area contributed by atoms with Gasteiger partial charge in [-0.15, -0.1) is 0 Å². The van der Waals surface area contributed by atoms with Gasteiger partial charge in [0.15, 0.2) is 0 Å². The van der Waals surface area contributed by atoms with E-state index in [1.54, 1.807) is 0 Å². The average Bonchev–Trinajstić information content (AvgIpc) is 2.49. The topological polar surface area (TPSA) is 12.0 Å². The number of halogens is 1. The van der Waals surface area contributed by atoms with Crippen LogP contribution in [0.3, 0.4) is 0 Å². The van der Waals surface area contributed by atoms with E-state index in [2.05, 4.69) is 42.6 Å². The minimum atomic E-state index is 0.168. The summed E-state index contributed by atoms with van der Waals surface area (Å²) in [5.41, 5.74) is 2.41. The fourth-order valence-electron chi connectivity index (χ4n) is 2.38. The molecule has 0 bridgehead atoms. The highest BCUT2D eigenvalue weighted by molar-refractivity contribution is 6.31. The van der Waals surface area contributed by atoms with Crippen LogP contribution < -0.4 is 5.32 Å². The lowest BCUT2D eigenvalue weighted by Crippen LogP contribution is -2.23. The van der Waals surface area contributed by atoms with Gasteiger partial charge in [0, 0.05) is 5.02 Å². The third kappa shape index (κ3) is 4.09. The third-order valence-corrected chi connectivity index (χ3v) is 3.82. The number of hydrogen-bond donors (Lipinski definition) is 1. The van der Waals surface area contributed by atoms with Gasteiger partial charge in [0.05, 0.1) is 6.04 Å². The Bertz CT molecular complexity index is 510. The highest BCUT2D eigenvalue weighted by Gasteiger charge is 2.15. The van der Waals surface area contributed by atoms with Crippen LogP contribution in [0.2, 0.25) is 5.02 Å². The minimum Gasteiger partial charge on any atom is -0.306 e. The van der Waals surface area contributed by atoms with Crippen LogP contribution in [0.15, 0.2) is 54.6 Å². The summed E-state index contributed by atoms with van der Waals surface area (Å²) in [4.78, 5) is 0. The summed E-state index contributed by atoms with van der Waals surface area (Å²) in [5.74, 6) is 0. The molecule has 20 heavy (non-hydrogen) atoms. The Morgan fingerprint density at radius 1 is 0.950 bits per heavy atom. The van der Waals surface area contributed by atoms with Crippen molar-refractivity contribution in [3.8, 4) is 0 Å². The van der Waals surface area contributed by atoms with Gasteiger partial charge >= 0.3 is 0 Å². The summed E-state index contributed by atoms with van der Waals surface area (Å²) in [7, 11) is 0. The van der Waals surface area contributed by atoms with Crippen LogP contribution in [-0.4, -0.2) is 6.54 Å². The maximum absolute atomic E-state index is 6.37. The van der Waals surface area contributed by atoms with Gasteiger partial charge in [-0.3, -0.25) is 0 Å². The molecule has 1 atom stereocenters. The van der Waals surface area contributed by atoms with Crippen molar-refractivity contribution in [2.24, 2.45) is 0 Å². The first-order chi connectivity index (χ1) is 9.83. The first kappa shape index (κ1) is 15.1. The van der Waals surface area contributed by atoms with E-state index in [4.69, 9.17) is 11.6 Å². The molecule has 0 saturated carbocycles. The van der Waals surface area contributed by atoms with Crippen LogP contribution in [0, 0.1) is 0 Å². The van der Waals surface area contributed by atoms with E-state index in [1.165, 1.54) is 24.8 Å². The van der Waals surface area contributed by atoms with Crippen LogP contribution in [-0.2, 0) is 0 Å². The van der Waals surface area contributed by atoms with E-state index < -0.39 is 0 Å². The zero-order chi connectivity index (χ0) is 14.2. The molecule has 106 valence electrons. The smallest absolute Gasteiger partial charge is 0.0591 e. The van der Waals surface area contributed by atoms with Gasteiger partial charge in [-0.25, -0.2) is 0 Å². The summed E-state index contributed by atoms with van der Waals surface area (Å²) in [6.45, 7) is 3.24. The summed E-state index contributed by atoms with van der Waals surface area (Å²) < 4.78 is 0. The fraction of sp³-hybridized carbons (Fsp3) is 0.333. The number of unbranched alkanes of at least 4 members (excludes halogenated alkanes) is 2. The molecular weight excluding hydrogens is 266 g/mol. The molecule has 1 N–H and O–H groups in total. The molecule has 1 nitrogen and oxygen atoms in total. The van der Waals surface area contributed by atoms with E-state index >= 15 is 0 Å². The second-order valence-electron chi connectivity index (χ2n) is 5.03. The highest BCUT2D eigenvalue weighted by Crippen LogP contribution is 2.28. The van der Waals surface area contributed by atoms with Gasteiger partial charge in [0.2, 0.25) is 0 Å². The maximum atomic E-state index is 6.37. The first-order valence-electron chi connectivity index (χ1n) is 7.35. The van der Waals surface area contributed by atoms with E-state index in [0.717, 1.165) is 17.1 Å². The molecule has 0 spiro atoms. The molecule has 0 heterocycles. The summed E-state index contributed by atoms with van der Waals surface area (Å²) in [6.07, 6.45) is 3.70. The van der Waals surface area contributed by atoms with Crippen molar-refractivity contribution < 1.29 is 0 Å². The standard InChI is InChI=1S/C18H22ClN/c1-2-3-9-14-20-18(15-10-5-4-6-11-15)16-12-7-8-13-17(16)19/h4-8,10-13,18,20H,2-3,9,14H2,1H3. The number of benzene rings is 2. The monoisotopic (exact) mass is 287 g/mol. The van der Waals surface area contributed by atoms with E-state index in [-0.39, 0.29) is 6.04 Å². The second kappa shape index (κ2) is 8.08. The van der Waals surface area contributed by atoms with Gasteiger partial charge in [-0.2, -0.15) is 0 Å². The van der Waals surface area contributed by atoms with Crippen molar-refractivity contribution in [1.82, 2.24) is 5.32 Å². The molecule has 2 heteroatoms. The Balaban J connectivity index is 2.19.